The van der Waals surface area contributed by atoms with Crippen LogP contribution in [-0.2, 0) is 4.74 Å². The molecule has 5 nitrogen and oxygen atoms in total. The van der Waals surface area contributed by atoms with Crippen LogP contribution in [0.15, 0.2) is 0 Å². The number of nitrogens with zero attached hydrogens (tertiary/aromatic N) is 1. The molecule has 1 atom stereocenters. The summed E-state index contributed by atoms with van der Waals surface area (Å²) in [5, 5.41) is 6.90. The van der Waals surface area contributed by atoms with Crippen molar-refractivity contribution >= 4 is 6.09 Å². The van der Waals surface area contributed by atoms with Crippen molar-refractivity contribution < 1.29 is 9.53 Å². The van der Waals surface area contributed by atoms with Gasteiger partial charge in [0.2, 0.25) is 0 Å². The van der Waals surface area contributed by atoms with Gasteiger partial charge in [-0.05, 0) is 46.6 Å². The van der Waals surface area contributed by atoms with Crippen LogP contribution in [-0.4, -0.2) is 55.4 Å². The monoisotopic (exact) mass is 285 g/mol. The zero-order chi connectivity index (χ0) is 15.0. The van der Waals surface area contributed by atoms with Gasteiger partial charge in [0, 0.05) is 32.2 Å². The van der Waals surface area contributed by atoms with E-state index in [1.165, 1.54) is 12.8 Å². The molecule has 0 bridgehead atoms. The second kappa shape index (κ2) is 8.47. The number of amides is 1. The van der Waals surface area contributed by atoms with E-state index in [1.807, 2.05) is 20.8 Å². The third-order valence-corrected chi connectivity index (χ3v) is 3.26. The first-order valence-corrected chi connectivity index (χ1v) is 7.84. The summed E-state index contributed by atoms with van der Waals surface area (Å²) in [6.07, 6.45) is 3.18. The fraction of sp³-hybridized carbons (Fsp3) is 0.933. The molecule has 1 aliphatic heterocycles. The highest BCUT2D eigenvalue weighted by Crippen LogP contribution is 2.10. The average molecular weight is 285 g/mol. The van der Waals surface area contributed by atoms with Crippen LogP contribution in [0.5, 0.6) is 0 Å². The highest BCUT2D eigenvalue weighted by molar-refractivity contribution is 5.68. The van der Waals surface area contributed by atoms with Gasteiger partial charge in [-0.15, -0.1) is 0 Å². The zero-order valence-corrected chi connectivity index (χ0v) is 13.5. The minimum Gasteiger partial charge on any atom is -0.444 e. The number of nitrogens with one attached hydrogen (secondary N) is 2. The van der Waals surface area contributed by atoms with E-state index in [0.717, 1.165) is 32.6 Å². The highest BCUT2D eigenvalue weighted by atomic mass is 16.6. The molecule has 0 aromatic heterocycles. The fourth-order valence-corrected chi connectivity index (χ4v) is 2.32. The van der Waals surface area contributed by atoms with Crippen molar-refractivity contribution in [2.24, 2.45) is 0 Å². The van der Waals surface area contributed by atoms with Crippen LogP contribution in [0.3, 0.4) is 0 Å². The van der Waals surface area contributed by atoms with Crippen LogP contribution in [0.25, 0.3) is 0 Å². The Labute approximate surface area is 123 Å². The summed E-state index contributed by atoms with van der Waals surface area (Å²) >= 11 is 0. The lowest BCUT2D eigenvalue weighted by Gasteiger charge is -2.29. The minimum atomic E-state index is -0.427. The molecule has 1 rings (SSSR count). The summed E-state index contributed by atoms with van der Waals surface area (Å²) in [6, 6.07) is 0.533. The normalized spacial score (nSPS) is 19.7. The van der Waals surface area contributed by atoms with Crippen molar-refractivity contribution in [1.82, 2.24) is 15.5 Å². The third kappa shape index (κ3) is 7.10. The van der Waals surface area contributed by atoms with Crippen molar-refractivity contribution in [3.63, 3.8) is 0 Å². The molecule has 118 valence electrons. The van der Waals surface area contributed by atoms with Crippen molar-refractivity contribution in [3.05, 3.63) is 0 Å². The predicted octanol–water partition coefficient (Wildman–Crippen LogP) is 1.98. The van der Waals surface area contributed by atoms with E-state index >= 15 is 0 Å². The lowest BCUT2D eigenvalue weighted by molar-refractivity contribution is 0.0250. The minimum absolute atomic E-state index is 0.206. The Morgan fingerprint density at radius 1 is 1.40 bits per heavy atom. The van der Waals surface area contributed by atoms with E-state index < -0.39 is 5.60 Å². The molecule has 0 saturated carbocycles. The van der Waals surface area contributed by atoms with Crippen LogP contribution in [0, 0.1) is 0 Å². The van der Waals surface area contributed by atoms with E-state index in [4.69, 9.17) is 4.74 Å². The van der Waals surface area contributed by atoms with Crippen LogP contribution in [0.4, 0.5) is 4.79 Å². The summed E-state index contributed by atoms with van der Waals surface area (Å²) in [7, 11) is 0. The Bertz CT molecular complexity index is 283. The summed E-state index contributed by atoms with van der Waals surface area (Å²) < 4.78 is 5.44. The number of piperidine rings is 1. The van der Waals surface area contributed by atoms with Crippen LogP contribution >= 0.6 is 0 Å². The topological polar surface area (TPSA) is 53.6 Å². The van der Waals surface area contributed by atoms with Gasteiger partial charge in [-0.3, -0.25) is 0 Å². The van der Waals surface area contributed by atoms with Crippen LogP contribution in [0.1, 0.15) is 47.0 Å². The molecule has 0 aromatic carbocycles. The van der Waals surface area contributed by atoms with Crippen molar-refractivity contribution in [3.8, 4) is 0 Å². The lowest BCUT2D eigenvalue weighted by atomic mass is 10.1. The molecule has 0 radical (unpaired) electrons. The molecule has 0 aliphatic carbocycles. The second-order valence-corrected chi connectivity index (χ2v) is 6.46. The Balaban J connectivity index is 2.32. The smallest absolute Gasteiger partial charge is 0.410 e. The summed E-state index contributed by atoms with van der Waals surface area (Å²) in [6.45, 7) is 12.2. The maximum absolute atomic E-state index is 12.1. The second-order valence-electron chi connectivity index (χ2n) is 6.46. The van der Waals surface area contributed by atoms with Gasteiger partial charge in [-0.2, -0.15) is 0 Å². The van der Waals surface area contributed by atoms with E-state index in [-0.39, 0.29) is 6.09 Å². The van der Waals surface area contributed by atoms with Gasteiger partial charge >= 0.3 is 6.09 Å². The molecule has 20 heavy (non-hydrogen) atoms. The molecule has 2 N–H and O–H groups in total. The zero-order valence-electron chi connectivity index (χ0n) is 13.5. The highest BCUT2D eigenvalue weighted by Gasteiger charge is 2.21. The molecule has 1 fully saturated rings. The first kappa shape index (κ1) is 17.2. The number of hydrogen-bond donors (Lipinski definition) is 2. The van der Waals surface area contributed by atoms with Crippen molar-refractivity contribution in [1.29, 1.82) is 0 Å². The molecule has 0 spiro atoms. The van der Waals surface area contributed by atoms with Gasteiger partial charge in [-0.25, -0.2) is 4.79 Å². The van der Waals surface area contributed by atoms with Gasteiger partial charge < -0.3 is 20.3 Å². The van der Waals surface area contributed by atoms with Gasteiger partial charge in [0.15, 0.2) is 0 Å². The lowest BCUT2D eigenvalue weighted by Crippen LogP contribution is -2.47. The summed E-state index contributed by atoms with van der Waals surface area (Å²) in [5.41, 5.74) is -0.427. The third-order valence-electron chi connectivity index (χ3n) is 3.26. The molecule has 1 aliphatic rings. The van der Waals surface area contributed by atoms with Gasteiger partial charge in [-0.1, -0.05) is 6.92 Å². The first-order chi connectivity index (χ1) is 9.42. The van der Waals surface area contributed by atoms with Crippen LogP contribution in [0.2, 0.25) is 0 Å². The van der Waals surface area contributed by atoms with Crippen molar-refractivity contribution in [2.45, 2.75) is 58.6 Å². The average Bonchev–Trinajstić information content (AvgIpc) is 2.37. The fourth-order valence-electron chi connectivity index (χ4n) is 2.32. The largest absolute Gasteiger partial charge is 0.444 e. The van der Waals surface area contributed by atoms with E-state index in [0.29, 0.717) is 12.6 Å². The Morgan fingerprint density at radius 3 is 2.70 bits per heavy atom. The van der Waals surface area contributed by atoms with E-state index in [2.05, 4.69) is 17.6 Å². The van der Waals surface area contributed by atoms with Crippen molar-refractivity contribution in [2.75, 3.05) is 32.7 Å². The molecule has 1 unspecified atom stereocenters. The number of hydrogen-bond acceptors (Lipinski definition) is 4. The number of carbonyl (C=O) groups excluding carboxylic acids is 1. The van der Waals surface area contributed by atoms with Gasteiger partial charge in [0.1, 0.15) is 5.60 Å². The maximum atomic E-state index is 12.1. The molecule has 1 amide bonds. The number of rotatable bonds is 6. The quantitative estimate of drug-likeness (QED) is 0.783. The number of ether oxygens (including phenoxy) is 1. The summed E-state index contributed by atoms with van der Waals surface area (Å²) in [4.78, 5) is 13.9. The molecular weight excluding hydrogens is 254 g/mol. The SMILES string of the molecule is CCCN(CCNC1CCCNC1)C(=O)OC(C)(C)C. The van der Waals surface area contributed by atoms with E-state index in [1.54, 1.807) is 4.90 Å². The van der Waals surface area contributed by atoms with Crippen LogP contribution < -0.4 is 10.6 Å². The summed E-state index contributed by atoms with van der Waals surface area (Å²) in [5.74, 6) is 0. The molecule has 1 heterocycles. The van der Waals surface area contributed by atoms with Gasteiger partial charge in [0.25, 0.3) is 0 Å². The first-order valence-electron chi connectivity index (χ1n) is 7.84. The molecule has 5 heteroatoms. The predicted molar refractivity (Wildman–Crippen MR) is 82.0 cm³/mol. The molecule has 0 aromatic rings. The van der Waals surface area contributed by atoms with E-state index in [9.17, 15) is 4.79 Å². The Hall–Kier alpha value is -0.810. The maximum Gasteiger partial charge on any atom is 0.410 e. The molecule has 1 saturated heterocycles. The Morgan fingerprint density at radius 2 is 2.15 bits per heavy atom. The molecular formula is C15H31N3O2. The number of carbonyl (C=O) groups is 1. The Kier molecular flexibility index (Phi) is 7.30. The van der Waals surface area contributed by atoms with Gasteiger partial charge in [0.05, 0.1) is 0 Å². The standard InChI is InChI=1S/C15H31N3O2/c1-5-10-18(14(19)20-15(2,3)4)11-9-17-13-7-6-8-16-12-13/h13,16-17H,5-12H2,1-4H3.